The minimum absolute atomic E-state index is 0.231. The lowest BCUT2D eigenvalue weighted by Crippen LogP contribution is -2.48. The van der Waals surface area contributed by atoms with Crippen LogP contribution in [0, 0.1) is 12.8 Å². The molecule has 3 aliphatic rings. The molecule has 8 rings (SSSR count). The average molecular weight is 658 g/mol. The number of amides is 2. The van der Waals surface area contributed by atoms with Crippen molar-refractivity contribution in [2.24, 2.45) is 20.0 Å². The van der Waals surface area contributed by atoms with Gasteiger partial charge in [0.25, 0.3) is 5.91 Å². The van der Waals surface area contributed by atoms with Gasteiger partial charge >= 0.3 is 0 Å². The maximum absolute atomic E-state index is 14.3. The van der Waals surface area contributed by atoms with Gasteiger partial charge < -0.3 is 20.3 Å². The second-order valence-electron chi connectivity index (χ2n) is 13.4. The Hall–Kier alpha value is -5.36. The minimum Gasteiger partial charge on any atom is -0.374 e. The topological polar surface area (TPSA) is 132 Å². The first-order valence-electron chi connectivity index (χ1n) is 16.8. The van der Waals surface area contributed by atoms with Gasteiger partial charge in [0.1, 0.15) is 23.9 Å². The van der Waals surface area contributed by atoms with Gasteiger partial charge in [0, 0.05) is 55.6 Å². The summed E-state index contributed by atoms with van der Waals surface area (Å²) in [5.74, 6) is 0.233. The number of hydrogen-bond acceptors (Lipinski definition) is 8. The SMILES string of the molecule is Cc1cnn(C)c1-c1ccc(NC(=O)[C@@H](NC(=O)c2ccnn2C)[C@@H](c2cccc(-c3cc(N4C[C@@H]5C[C@H]4CO5)ncn3)c2)C2CC2)cc1. The van der Waals surface area contributed by atoms with Gasteiger partial charge in [-0.3, -0.25) is 19.0 Å². The van der Waals surface area contributed by atoms with E-state index in [9.17, 15) is 9.59 Å². The highest BCUT2D eigenvalue weighted by atomic mass is 16.5. The van der Waals surface area contributed by atoms with Crippen LogP contribution in [0.1, 0.15) is 46.8 Å². The van der Waals surface area contributed by atoms with Crippen molar-refractivity contribution in [1.29, 1.82) is 0 Å². The van der Waals surface area contributed by atoms with E-state index in [0.717, 1.165) is 71.9 Å². The number of fused-ring (bicyclic) bond motifs is 2. The average Bonchev–Trinajstić information content (AvgIpc) is 3.39. The molecule has 2 bridgehead atoms. The van der Waals surface area contributed by atoms with Gasteiger partial charge in [0.05, 0.1) is 36.3 Å². The number of rotatable bonds is 10. The molecule has 1 saturated carbocycles. The number of aryl methyl sites for hydroxylation is 3. The van der Waals surface area contributed by atoms with Crippen LogP contribution >= 0.6 is 0 Å². The number of carbonyl (C=O) groups is 2. The number of morpholine rings is 1. The maximum Gasteiger partial charge on any atom is 0.270 e. The van der Waals surface area contributed by atoms with Gasteiger partial charge in [-0.15, -0.1) is 0 Å². The Balaban J connectivity index is 1.10. The predicted molar refractivity (Wildman–Crippen MR) is 185 cm³/mol. The van der Waals surface area contributed by atoms with E-state index in [1.54, 1.807) is 25.6 Å². The molecule has 3 aromatic heterocycles. The van der Waals surface area contributed by atoms with Gasteiger partial charge in [0.15, 0.2) is 0 Å². The van der Waals surface area contributed by atoms with E-state index in [2.05, 4.69) is 41.8 Å². The standard InChI is InChI=1S/C37H39N9O3/c1-22-18-41-45(3)35(22)24-9-11-27(12-10-24)42-37(48)34(43-36(47)31-13-14-40-44(31)2)33(23-7-8-23)26-6-4-5-25(15-26)30-17-32(39-21-38-30)46-19-29-16-28(46)20-49-29/h4-6,9-15,17-18,21,23,28-29,33-34H,7-8,16,19-20H2,1-3H3,(H,42,48)(H,43,47)/t28-,29-,33+,34-/m0/s1. The van der Waals surface area contributed by atoms with E-state index in [4.69, 9.17) is 4.74 Å². The van der Waals surface area contributed by atoms with Crippen LogP contribution in [-0.4, -0.2) is 72.7 Å². The highest BCUT2D eigenvalue weighted by molar-refractivity contribution is 6.01. The summed E-state index contributed by atoms with van der Waals surface area (Å²) in [6.45, 7) is 3.59. The summed E-state index contributed by atoms with van der Waals surface area (Å²) in [7, 11) is 3.63. The van der Waals surface area contributed by atoms with Crippen molar-refractivity contribution < 1.29 is 14.3 Å². The summed E-state index contributed by atoms with van der Waals surface area (Å²) in [5, 5.41) is 14.7. The van der Waals surface area contributed by atoms with Crippen LogP contribution in [0.2, 0.25) is 0 Å². The third-order valence-electron chi connectivity index (χ3n) is 10.1. The molecule has 12 heteroatoms. The van der Waals surface area contributed by atoms with Crippen molar-refractivity contribution >= 4 is 23.3 Å². The summed E-state index contributed by atoms with van der Waals surface area (Å²) in [4.78, 5) is 39.5. The Kier molecular flexibility index (Phi) is 7.95. The van der Waals surface area contributed by atoms with Crippen LogP contribution in [0.4, 0.5) is 11.5 Å². The molecule has 49 heavy (non-hydrogen) atoms. The van der Waals surface area contributed by atoms with Crippen LogP contribution in [0.15, 0.2) is 79.4 Å². The van der Waals surface area contributed by atoms with Crippen LogP contribution in [0.25, 0.3) is 22.5 Å². The second kappa shape index (κ2) is 12.6. The van der Waals surface area contributed by atoms with E-state index >= 15 is 0 Å². The Bertz CT molecular complexity index is 2000. The van der Waals surface area contributed by atoms with Crippen molar-refractivity contribution in [2.75, 3.05) is 23.4 Å². The van der Waals surface area contributed by atoms with Gasteiger partial charge in [-0.25, -0.2) is 9.97 Å². The third-order valence-corrected chi connectivity index (χ3v) is 10.1. The van der Waals surface area contributed by atoms with Gasteiger partial charge in [-0.05, 0) is 67.5 Å². The highest BCUT2D eigenvalue weighted by Crippen LogP contribution is 2.45. The second-order valence-corrected chi connectivity index (χ2v) is 13.4. The molecule has 5 heterocycles. The molecule has 4 atom stereocenters. The van der Waals surface area contributed by atoms with Crippen molar-refractivity contribution in [3.05, 3.63) is 96.2 Å². The number of carbonyl (C=O) groups excluding carboxylic acids is 2. The Morgan fingerprint density at radius 3 is 2.47 bits per heavy atom. The summed E-state index contributed by atoms with van der Waals surface area (Å²) in [6, 6.07) is 19.1. The molecule has 250 valence electrons. The number of benzene rings is 2. The Labute approximate surface area is 284 Å². The Morgan fingerprint density at radius 1 is 0.959 bits per heavy atom. The molecule has 0 unspecified atom stereocenters. The number of ether oxygens (including phenoxy) is 1. The summed E-state index contributed by atoms with van der Waals surface area (Å²) < 4.78 is 9.16. The fourth-order valence-corrected chi connectivity index (χ4v) is 7.46. The first-order chi connectivity index (χ1) is 23.8. The van der Waals surface area contributed by atoms with Gasteiger partial charge in [-0.1, -0.05) is 30.3 Å². The van der Waals surface area contributed by atoms with Gasteiger partial charge in [-0.2, -0.15) is 10.2 Å². The minimum atomic E-state index is -0.842. The van der Waals surface area contributed by atoms with E-state index in [-0.39, 0.29) is 29.8 Å². The van der Waals surface area contributed by atoms with Crippen molar-refractivity contribution in [2.45, 2.75) is 50.3 Å². The van der Waals surface area contributed by atoms with Crippen LogP contribution < -0.4 is 15.5 Å². The largest absolute Gasteiger partial charge is 0.374 e. The zero-order chi connectivity index (χ0) is 33.6. The first kappa shape index (κ1) is 30.9. The molecule has 2 aliphatic heterocycles. The molecule has 1 aliphatic carbocycles. The number of anilines is 2. The summed E-state index contributed by atoms with van der Waals surface area (Å²) in [5.41, 5.74) is 6.84. The molecule has 0 spiro atoms. The highest BCUT2D eigenvalue weighted by Gasteiger charge is 2.42. The van der Waals surface area contributed by atoms with E-state index in [0.29, 0.717) is 17.4 Å². The monoisotopic (exact) mass is 657 g/mol. The van der Waals surface area contributed by atoms with Crippen LogP contribution in [0.5, 0.6) is 0 Å². The Morgan fingerprint density at radius 2 is 1.80 bits per heavy atom. The lowest BCUT2D eigenvalue weighted by Gasteiger charge is -2.29. The number of nitrogens with one attached hydrogen (secondary N) is 2. The molecule has 2 aromatic carbocycles. The van der Waals surface area contributed by atoms with Crippen molar-refractivity contribution in [3.63, 3.8) is 0 Å². The third kappa shape index (κ3) is 6.08. The lowest BCUT2D eigenvalue weighted by atomic mass is 9.85. The fraction of sp³-hybridized carbons (Fsp3) is 0.351. The van der Waals surface area contributed by atoms with E-state index in [1.165, 1.54) is 4.68 Å². The molecule has 2 saturated heterocycles. The molecule has 2 amide bonds. The molecular formula is C37H39N9O3. The molecule has 5 aromatic rings. The first-order valence-corrected chi connectivity index (χ1v) is 16.8. The predicted octanol–water partition coefficient (Wildman–Crippen LogP) is 4.49. The number of nitrogens with zero attached hydrogens (tertiary/aromatic N) is 7. The fourth-order valence-electron chi connectivity index (χ4n) is 7.46. The van der Waals surface area contributed by atoms with E-state index < -0.39 is 6.04 Å². The van der Waals surface area contributed by atoms with Crippen LogP contribution in [-0.2, 0) is 23.6 Å². The lowest BCUT2D eigenvalue weighted by molar-refractivity contribution is -0.118. The number of hydrogen-bond donors (Lipinski definition) is 2. The summed E-state index contributed by atoms with van der Waals surface area (Å²) >= 11 is 0. The zero-order valence-corrected chi connectivity index (χ0v) is 27.8. The zero-order valence-electron chi connectivity index (χ0n) is 27.8. The van der Waals surface area contributed by atoms with Gasteiger partial charge in [0.2, 0.25) is 5.91 Å². The quantitative estimate of drug-likeness (QED) is 0.225. The molecular weight excluding hydrogens is 618 g/mol. The smallest absolute Gasteiger partial charge is 0.270 e. The normalized spacial score (nSPS) is 19.5. The molecule has 3 fully saturated rings. The van der Waals surface area contributed by atoms with Crippen molar-refractivity contribution in [3.8, 4) is 22.5 Å². The molecule has 2 N–H and O–H groups in total. The molecule has 12 nitrogen and oxygen atoms in total. The number of aromatic nitrogens is 6. The van der Waals surface area contributed by atoms with Crippen LogP contribution in [0.3, 0.4) is 0 Å². The van der Waals surface area contributed by atoms with E-state index in [1.807, 2.05) is 73.4 Å². The molecule has 0 radical (unpaired) electrons. The maximum atomic E-state index is 14.3. The van der Waals surface area contributed by atoms with Crippen molar-refractivity contribution in [1.82, 2.24) is 34.8 Å². The summed E-state index contributed by atoms with van der Waals surface area (Å²) in [6.07, 6.45) is 8.26.